The SMILES string of the molecule is CCOc1ccc(NC(=O)C2CC(=O)N(C(C)C)C2)cc1. The molecule has 0 aliphatic carbocycles. The van der Waals surface area contributed by atoms with Crippen LogP contribution >= 0.6 is 0 Å². The normalized spacial score (nSPS) is 18.2. The fourth-order valence-corrected chi connectivity index (χ4v) is 2.45. The summed E-state index contributed by atoms with van der Waals surface area (Å²) in [5, 5.41) is 2.86. The number of carbonyl (C=O) groups excluding carboxylic acids is 2. The summed E-state index contributed by atoms with van der Waals surface area (Å²) in [5.41, 5.74) is 0.721. The molecular formula is C16H22N2O3. The van der Waals surface area contributed by atoms with Crippen LogP contribution in [0.25, 0.3) is 0 Å². The average Bonchev–Trinajstić information content (AvgIpc) is 2.84. The number of carbonyl (C=O) groups is 2. The second kappa shape index (κ2) is 6.61. The Morgan fingerprint density at radius 1 is 1.38 bits per heavy atom. The van der Waals surface area contributed by atoms with Gasteiger partial charge in [-0.15, -0.1) is 0 Å². The fraction of sp³-hybridized carbons (Fsp3) is 0.500. The summed E-state index contributed by atoms with van der Waals surface area (Å²) in [6.07, 6.45) is 0.293. The molecule has 0 saturated carbocycles. The van der Waals surface area contributed by atoms with Gasteiger partial charge in [0.15, 0.2) is 0 Å². The standard InChI is InChI=1S/C16H22N2O3/c1-4-21-14-7-5-13(6-8-14)17-16(20)12-9-15(19)18(10-12)11(2)3/h5-8,11-12H,4,9-10H2,1-3H3,(H,17,20). The molecule has 5 nitrogen and oxygen atoms in total. The zero-order valence-corrected chi connectivity index (χ0v) is 12.8. The van der Waals surface area contributed by atoms with Crippen molar-refractivity contribution in [2.24, 2.45) is 5.92 Å². The predicted octanol–water partition coefficient (Wildman–Crippen LogP) is 2.28. The van der Waals surface area contributed by atoms with Crippen molar-refractivity contribution in [2.75, 3.05) is 18.5 Å². The summed E-state index contributed by atoms with van der Waals surface area (Å²) in [4.78, 5) is 25.8. The van der Waals surface area contributed by atoms with Gasteiger partial charge in [0.25, 0.3) is 0 Å². The number of ether oxygens (including phenoxy) is 1. The highest BCUT2D eigenvalue weighted by Gasteiger charge is 2.35. The van der Waals surface area contributed by atoms with Gasteiger partial charge in [0.05, 0.1) is 12.5 Å². The van der Waals surface area contributed by atoms with Crippen molar-refractivity contribution in [1.82, 2.24) is 4.90 Å². The summed E-state index contributed by atoms with van der Waals surface area (Å²) < 4.78 is 5.36. The largest absolute Gasteiger partial charge is 0.494 e. The van der Waals surface area contributed by atoms with Crippen molar-refractivity contribution >= 4 is 17.5 Å². The minimum Gasteiger partial charge on any atom is -0.494 e. The Morgan fingerprint density at radius 3 is 2.57 bits per heavy atom. The number of amides is 2. The molecule has 1 aromatic rings. The predicted molar refractivity (Wildman–Crippen MR) is 81.2 cm³/mol. The maximum Gasteiger partial charge on any atom is 0.229 e. The van der Waals surface area contributed by atoms with Gasteiger partial charge >= 0.3 is 0 Å². The lowest BCUT2D eigenvalue weighted by molar-refractivity contribution is -0.129. The lowest BCUT2D eigenvalue weighted by Gasteiger charge is -2.20. The molecular weight excluding hydrogens is 268 g/mol. The van der Waals surface area contributed by atoms with E-state index in [1.807, 2.05) is 32.9 Å². The number of hydrogen-bond acceptors (Lipinski definition) is 3. The van der Waals surface area contributed by atoms with E-state index in [9.17, 15) is 9.59 Å². The lowest BCUT2D eigenvalue weighted by Crippen LogP contribution is -2.33. The fourth-order valence-electron chi connectivity index (χ4n) is 2.45. The van der Waals surface area contributed by atoms with E-state index in [0.717, 1.165) is 11.4 Å². The number of anilines is 1. The highest BCUT2D eigenvalue weighted by molar-refractivity contribution is 5.97. The van der Waals surface area contributed by atoms with Crippen molar-refractivity contribution in [3.8, 4) is 5.75 Å². The van der Waals surface area contributed by atoms with Crippen LogP contribution in [0.15, 0.2) is 24.3 Å². The summed E-state index contributed by atoms with van der Waals surface area (Å²) in [5.74, 6) is 0.455. The molecule has 0 aromatic heterocycles. The van der Waals surface area contributed by atoms with Crippen molar-refractivity contribution in [2.45, 2.75) is 33.2 Å². The van der Waals surface area contributed by atoms with E-state index in [2.05, 4.69) is 5.32 Å². The maximum absolute atomic E-state index is 12.2. The number of benzene rings is 1. The molecule has 1 atom stereocenters. The van der Waals surface area contributed by atoms with Crippen molar-refractivity contribution in [3.63, 3.8) is 0 Å². The summed E-state index contributed by atoms with van der Waals surface area (Å²) in [6, 6.07) is 7.39. The molecule has 1 heterocycles. The van der Waals surface area contributed by atoms with Crippen LogP contribution in [0.5, 0.6) is 5.75 Å². The topological polar surface area (TPSA) is 58.6 Å². The number of hydrogen-bond donors (Lipinski definition) is 1. The third kappa shape index (κ3) is 3.74. The molecule has 1 unspecified atom stereocenters. The van der Waals surface area contributed by atoms with Crippen molar-refractivity contribution < 1.29 is 14.3 Å². The van der Waals surface area contributed by atoms with Gasteiger partial charge in [-0.3, -0.25) is 9.59 Å². The van der Waals surface area contributed by atoms with Crippen LogP contribution in [-0.2, 0) is 9.59 Å². The summed E-state index contributed by atoms with van der Waals surface area (Å²) in [6.45, 7) is 6.96. The Labute approximate surface area is 125 Å². The molecule has 1 aromatic carbocycles. The van der Waals surface area contributed by atoms with Crippen LogP contribution in [0.2, 0.25) is 0 Å². The van der Waals surface area contributed by atoms with E-state index >= 15 is 0 Å². The molecule has 2 rings (SSSR count). The van der Waals surface area contributed by atoms with E-state index < -0.39 is 0 Å². The zero-order valence-electron chi connectivity index (χ0n) is 12.8. The highest BCUT2D eigenvalue weighted by Crippen LogP contribution is 2.22. The molecule has 1 fully saturated rings. The number of nitrogens with zero attached hydrogens (tertiary/aromatic N) is 1. The second-order valence-corrected chi connectivity index (χ2v) is 5.49. The Kier molecular flexibility index (Phi) is 4.83. The van der Waals surface area contributed by atoms with Crippen LogP contribution in [0.1, 0.15) is 27.2 Å². The van der Waals surface area contributed by atoms with Gasteiger partial charge in [0, 0.05) is 24.7 Å². The molecule has 1 saturated heterocycles. The zero-order chi connectivity index (χ0) is 15.4. The minimum absolute atomic E-state index is 0.0526. The first-order valence-corrected chi connectivity index (χ1v) is 7.34. The van der Waals surface area contributed by atoms with Gasteiger partial charge in [0.1, 0.15) is 5.75 Å². The molecule has 21 heavy (non-hydrogen) atoms. The first-order chi connectivity index (χ1) is 10.0. The molecule has 2 amide bonds. The number of rotatable bonds is 5. The van der Waals surface area contributed by atoms with E-state index in [1.165, 1.54) is 0 Å². The van der Waals surface area contributed by atoms with E-state index in [-0.39, 0.29) is 23.8 Å². The molecule has 5 heteroatoms. The molecule has 1 aliphatic heterocycles. The van der Waals surface area contributed by atoms with Gasteiger partial charge in [-0.2, -0.15) is 0 Å². The van der Waals surface area contributed by atoms with Crippen LogP contribution < -0.4 is 10.1 Å². The summed E-state index contributed by atoms with van der Waals surface area (Å²) >= 11 is 0. The van der Waals surface area contributed by atoms with Crippen molar-refractivity contribution in [3.05, 3.63) is 24.3 Å². The maximum atomic E-state index is 12.2. The third-order valence-corrected chi connectivity index (χ3v) is 3.59. The average molecular weight is 290 g/mol. The lowest BCUT2D eigenvalue weighted by atomic mass is 10.1. The van der Waals surface area contributed by atoms with E-state index in [1.54, 1.807) is 17.0 Å². The van der Waals surface area contributed by atoms with Gasteiger partial charge in [-0.1, -0.05) is 0 Å². The first-order valence-electron chi connectivity index (χ1n) is 7.34. The van der Waals surface area contributed by atoms with E-state index in [4.69, 9.17) is 4.74 Å². The summed E-state index contributed by atoms with van der Waals surface area (Å²) in [7, 11) is 0. The molecule has 1 aliphatic rings. The molecule has 114 valence electrons. The molecule has 1 N–H and O–H groups in total. The van der Waals surface area contributed by atoms with Gasteiger partial charge in [-0.05, 0) is 45.0 Å². The first kappa shape index (κ1) is 15.4. The van der Waals surface area contributed by atoms with Crippen LogP contribution in [0.4, 0.5) is 5.69 Å². The molecule has 0 bridgehead atoms. The van der Waals surface area contributed by atoms with Crippen molar-refractivity contribution in [1.29, 1.82) is 0 Å². The molecule has 0 spiro atoms. The second-order valence-electron chi connectivity index (χ2n) is 5.49. The Hall–Kier alpha value is -2.04. The van der Waals surface area contributed by atoms with Gasteiger partial charge in [-0.25, -0.2) is 0 Å². The quantitative estimate of drug-likeness (QED) is 0.905. The monoisotopic (exact) mass is 290 g/mol. The smallest absolute Gasteiger partial charge is 0.229 e. The van der Waals surface area contributed by atoms with Gasteiger partial charge in [0.2, 0.25) is 11.8 Å². The van der Waals surface area contributed by atoms with Crippen LogP contribution in [-0.4, -0.2) is 35.9 Å². The Morgan fingerprint density at radius 2 is 2.05 bits per heavy atom. The minimum atomic E-state index is -0.272. The number of nitrogens with one attached hydrogen (secondary N) is 1. The number of likely N-dealkylation sites (tertiary alicyclic amines) is 1. The third-order valence-electron chi connectivity index (χ3n) is 3.59. The van der Waals surface area contributed by atoms with E-state index in [0.29, 0.717) is 19.6 Å². The highest BCUT2D eigenvalue weighted by atomic mass is 16.5. The Balaban J connectivity index is 1.94. The Bertz CT molecular complexity index is 511. The molecule has 0 radical (unpaired) electrons. The van der Waals surface area contributed by atoms with Crippen LogP contribution in [0.3, 0.4) is 0 Å². The van der Waals surface area contributed by atoms with Crippen LogP contribution in [0, 0.1) is 5.92 Å². The van der Waals surface area contributed by atoms with Gasteiger partial charge < -0.3 is 15.0 Å².